The molecule has 1 amide bonds. The van der Waals surface area contributed by atoms with E-state index < -0.39 is 28.4 Å². The van der Waals surface area contributed by atoms with Gasteiger partial charge in [-0.2, -0.15) is 0 Å². The van der Waals surface area contributed by atoms with E-state index in [2.05, 4.69) is 4.74 Å². The Morgan fingerprint density at radius 1 is 1.10 bits per heavy atom. The van der Waals surface area contributed by atoms with Crippen molar-refractivity contribution in [3.8, 4) is 0 Å². The number of carbonyl (C=O) groups excluding carboxylic acids is 3. The Balaban J connectivity index is 1.52. The number of sulfone groups is 1. The van der Waals surface area contributed by atoms with Gasteiger partial charge in [0.15, 0.2) is 16.4 Å². The summed E-state index contributed by atoms with van der Waals surface area (Å²) in [5.41, 5.74) is 1.07. The van der Waals surface area contributed by atoms with Gasteiger partial charge in [0.25, 0.3) is 5.91 Å². The van der Waals surface area contributed by atoms with Crippen LogP contribution >= 0.6 is 0 Å². The summed E-state index contributed by atoms with van der Waals surface area (Å²) in [7, 11) is -1.81. The molecule has 0 radical (unpaired) electrons. The van der Waals surface area contributed by atoms with Crippen molar-refractivity contribution in [1.29, 1.82) is 0 Å². The maximum Gasteiger partial charge on any atom is 0.337 e. The highest BCUT2D eigenvalue weighted by Crippen LogP contribution is 2.32. The van der Waals surface area contributed by atoms with Gasteiger partial charge in [0.1, 0.15) is 0 Å². The molecule has 8 nitrogen and oxygen atoms in total. The Morgan fingerprint density at radius 3 is 2.34 bits per heavy atom. The van der Waals surface area contributed by atoms with Gasteiger partial charge in [0.05, 0.1) is 24.2 Å². The number of esters is 2. The van der Waals surface area contributed by atoms with Crippen LogP contribution in [0.3, 0.4) is 0 Å². The molecule has 1 aliphatic carbocycles. The SMILES string of the molecule is COC(=O)c1ccc(/C=C/C(=O)OCC(=O)N(C2CC2)[C@H]2CCS(=O)(=O)C2)cc1. The van der Waals surface area contributed by atoms with E-state index in [0.29, 0.717) is 17.5 Å². The fourth-order valence-corrected chi connectivity index (χ4v) is 5.03. The van der Waals surface area contributed by atoms with Gasteiger partial charge in [-0.15, -0.1) is 0 Å². The van der Waals surface area contributed by atoms with Gasteiger partial charge in [-0.25, -0.2) is 18.0 Å². The van der Waals surface area contributed by atoms with E-state index in [-0.39, 0.29) is 29.5 Å². The highest BCUT2D eigenvalue weighted by Gasteiger charge is 2.42. The smallest absolute Gasteiger partial charge is 0.337 e. The number of hydrogen-bond acceptors (Lipinski definition) is 7. The van der Waals surface area contributed by atoms with Gasteiger partial charge in [-0.05, 0) is 43.0 Å². The van der Waals surface area contributed by atoms with Crippen molar-refractivity contribution in [2.75, 3.05) is 25.2 Å². The molecule has 1 saturated heterocycles. The summed E-state index contributed by atoms with van der Waals surface area (Å²) in [5, 5.41) is 0. The van der Waals surface area contributed by atoms with Crippen molar-refractivity contribution in [1.82, 2.24) is 4.90 Å². The number of carbonyl (C=O) groups is 3. The summed E-state index contributed by atoms with van der Waals surface area (Å²) in [6.07, 6.45) is 4.83. The predicted octanol–water partition coefficient (Wildman–Crippen LogP) is 1.21. The van der Waals surface area contributed by atoms with Crippen LogP contribution in [-0.4, -0.2) is 68.5 Å². The van der Waals surface area contributed by atoms with Gasteiger partial charge in [-0.3, -0.25) is 4.79 Å². The molecule has 0 unspecified atom stereocenters. The van der Waals surface area contributed by atoms with Gasteiger partial charge < -0.3 is 14.4 Å². The molecule has 2 aliphatic rings. The van der Waals surface area contributed by atoms with Crippen LogP contribution in [0.25, 0.3) is 6.08 Å². The molecule has 0 spiro atoms. The van der Waals surface area contributed by atoms with E-state index in [0.717, 1.165) is 12.8 Å². The van der Waals surface area contributed by atoms with E-state index >= 15 is 0 Å². The third kappa shape index (κ3) is 5.66. The van der Waals surface area contributed by atoms with Crippen LogP contribution in [0.5, 0.6) is 0 Å². The molecule has 0 aromatic heterocycles. The van der Waals surface area contributed by atoms with Crippen LogP contribution in [0.15, 0.2) is 30.3 Å². The molecule has 3 rings (SSSR count). The first-order valence-electron chi connectivity index (χ1n) is 9.34. The zero-order chi connectivity index (χ0) is 21.0. The fraction of sp³-hybridized carbons (Fsp3) is 0.450. The summed E-state index contributed by atoms with van der Waals surface area (Å²) < 4.78 is 33.1. The first-order chi connectivity index (χ1) is 13.8. The number of ether oxygens (including phenoxy) is 2. The van der Waals surface area contributed by atoms with Crippen LogP contribution in [0.4, 0.5) is 0 Å². The largest absolute Gasteiger partial charge is 0.465 e. The second-order valence-electron chi connectivity index (χ2n) is 7.14. The zero-order valence-electron chi connectivity index (χ0n) is 16.1. The maximum atomic E-state index is 12.5. The lowest BCUT2D eigenvalue weighted by Crippen LogP contribution is -2.44. The molecule has 1 aliphatic heterocycles. The topological polar surface area (TPSA) is 107 Å². The number of rotatable bonds is 7. The zero-order valence-corrected chi connectivity index (χ0v) is 16.9. The third-order valence-corrected chi connectivity index (χ3v) is 6.66. The van der Waals surface area contributed by atoms with Gasteiger partial charge in [-0.1, -0.05) is 12.1 Å². The van der Waals surface area contributed by atoms with Crippen LogP contribution in [0.1, 0.15) is 35.2 Å². The molecule has 1 heterocycles. The molecule has 0 N–H and O–H groups in total. The molecular weight excluding hydrogens is 398 g/mol. The van der Waals surface area contributed by atoms with Crippen molar-refractivity contribution >= 4 is 33.8 Å². The van der Waals surface area contributed by atoms with Crippen molar-refractivity contribution in [2.45, 2.75) is 31.3 Å². The Labute approximate surface area is 169 Å². The number of benzene rings is 1. The summed E-state index contributed by atoms with van der Waals surface area (Å²) in [5.74, 6) is -1.42. The Morgan fingerprint density at radius 2 is 1.79 bits per heavy atom. The molecule has 1 saturated carbocycles. The van der Waals surface area contributed by atoms with Gasteiger partial charge >= 0.3 is 11.9 Å². The quantitative estimate of drug-likeness (QED) is 0.481. The molecule has 1 atom stereocenters. The average molecular weight is 421 g/mol. The Kier molecular flexibility index (Phi) is 6.36. The summed E-state index contributed by atoms with van der Waals surface area (Å²) in [6.45, 7) is -0.419. The standard InChI is InChI=1S/C20H23NO7S/c1-27-20(24)15-5-2-14(3-6-15)4-9-19(23)28-12-18(22)21(16-7-8-16)17-10-11-29(25,26)13-17/h2-6,9,16-17H,7-8,10-13H2,1H3/b9-4+/t17-/m0/s1. The number of nitrogens with zero attached hydrogens (tertiary/aromatic N) is 1. The average Bonchev–Trinajstić information content (AvgIpc) is 3.47. The molecule has 9 heteroatoms. The first-order valence-corrected chi connectivity index (χ1v) is 11.2. The fourth-order valence-electron chi connectivity index (χ4n) is 3.32. The van der Waals surface area contributed by atoms with E-state index in [9.17, 15) is 22.8 Å². The van der Waals surface area contributed by atoms with Gasteiger partial charge in [0.2, 0.25) is 0 Å². The van der Waals surface area contributed by atoms with Crippen LogP contribution in [0, 0.1) is 0 Å². The van der Waals surface area contributed by atoms with E-state index in [1.807, 2.05) is 0 Å². The minimum Gasteiger partial charge on any atom is -0.465 e. The van der Waals surface area contributed by atoms with Crippen molar-refractivity contribution in [2.24, 2.45) is 0 Å². The lowest BCUT2D eigenvalue weighted by molar-refractivity contribution is -0.149. The highest BCUT2D eigenvalue weighted by molar-refractivity contribution is 7.91. The molecule has 156 valence electrons. The lowest BCUT2D eigenvalue weighted by atomic mass is 10.1. The molecular formula is C20H23NO7S. The van der Waals surface area contributed by atoms with Crippen molar-refractivity contribution < 1.29 is 32.3 Å². The first kappa shape index (κ1) is 21.0. The molecule has 2 fully saturated rings. The number of methoxy groups -OCH3 is 1. The van der Waals surface area contributed by atoms with E-state index in [1.165, 1.54) is 19.3 Å². The van der Waals surface area contributed by atoms with Crippen molar-refractivity contribution in [3.05, 3.63) is 41.5 Å². The lowest BCUT2D eigenvalue weighted by Gasteiger charge is -2.28. The summed E-state index contributed by atoms with van der Waals surface area (Å²) in [6, 6.07) is 6.16. The highest BCUT2D eigenvalue weighted by atomic mass is 32.2. The third-order valence-electron chi connectivity index (χ3n) is 4.91. The molecule has 1 aromatic rings. The monoisotopic (exact) mass is 421 g/mol. The van der Waals surface area contributed by atoms with E-state index in [4.69, 9.17) is 4.74 Å². The Hall–Kier alpha value is -2.68. The second-order valence-corrected chi connectivity index (χ2v) is 9.37. The van der Waals surface area contributed by atoms with Crippen molar-refractivity contribution in [3.63, 3.8) is 0 Å². The Bertz CT molecular complexity index is 917. The van der Waals surface area contributed by atoms with Crippen LogP contribution in [0.2, 0.25) is 0 Å². The molecule has 29 heavy (non-hydrogen) atoms. The minimum atomic E-state index is -3.10. The van der Waals surface area contributed by atoms with Crippen LogP contribution < -0.4 is 0 Å². The minimum absolute atomic E-state index is 0.0232. The number of amides is 1. The molecule has 1 aromatic carbocycles. The maximum absolute atomic E-state index is 12.5. The normalized spacial score (nSPS) is 20.4. The van der Waals surface area contributed by atoms with E-state index in [1.54, 1.807) is 29.2 Å². The van der Waals surface area contributed by atoms with Gasteiger partial charge in [0, 0.05) is 18.2 Å². The summed E-state index contributed by atoms with van der Waals surface area (Å²) in [4.78, 5) is 37.4. The predicted molar refractivity (Wildman–Crippen MR) is 105 cm³/mol. The summed E-state index contributed by atoms with van der Waals surface area (Å²) >= 11 is 0. The second kappa shape index (κ2) is 8.77. The van der Waals surface area contributed by atoms with Crippen LogP contribution in [-0.2, 0) is 28.9 Å². The number of hydrogen-bond donors (Lipinski definition) is 0. The molecule has 0 bridgehead atoms.